The third-order valence-corrected chi connectivity index (χ3v) is 3.08. The van der Waals surface area contributed by atoms with Gasteiger partial charge in [0.15, 0.2) is 6.73 Å². The van der Waals surface area contributed by atoms with Gasteiger partial charge in [-0.05, 0) is 25.1 Å². The highest BCUT2D eigenvalue weighted by atomic mass is 35.5. The second-order valence-electron chi connectivity index (χ2n) is 3.30. The normalized spacial score (nSPS) is 16.1. The summed E-state index contributed by atoms with van der Waals surface area (Å²) in [6.07, 6.45) is 0. The van der Waals surface area contributed by atoms with Crippen LogP contribution in [0, 0.1) is 5.41 Å². The lowest BCUT2D eigenvalue weighted by atomic mass is 10.3. The van der Waals surface area contributed by atoms with Gasteiger partial charge in [-0.25, -0.2) is 9.90 Å². The van der Waals surface area contributed by atoms with E-state index in [2.05, 4.69) is 0 Å². The molecule has 0 radical (unpaired) electrons. The first-order chi connectivity index (χ1) is 7.63. The number of guanidine groups is 1. The Labute approximate surface area is 104 Å². The number of anilines is 1. The van der Waals surface area contributed by atoms with Crippen molar-refractivity contribution in [1.82, 2.24) is 5.06 Å². The van der Waals surface area contributed by atoms with Gasteiger partial charge >= 0.3 is 0 Å². The number of nitrogens with one attached hydrogen (secondary N) is 1. The zero-order valence-electron chi connectivity index (χ0n) is 8.70. The predicted octanol–water partition coefficient (Wildman–Crippen LogP) is 2.96. The largest absolute Gasteiger partial charge is 0.284 e. The van der Waals surface area contributed by atoms with Crippen molar-refractivity contribution in [3.8, 4) is 0 Å². The van der Waals surface area contributed by atoms with Crippen molar-refractivity contribution in [3.05, 3.63) is 28.2 Å². The van der Waals surface area contributed by atoms with E-state index in [0.717, 1.165) is 5.69 Å². The van der Waals surface area contributed by atoms with Gasteiger partial charge in [0.25, 0.3) is 0 Å². The molecule has 4 nitrogen and oxygen atoms in total. The third kappa shape index (κ3) is 1.96. The van der Waals surface area contributed by atoms with Gasteiger partial charge in [-0.15, -0.1) is 0 Å². The lowest BCUT2D eigenvalue weighted by Crippen LogP contribution is -2.32. The summed E-state index contributed by atoms with van der Waals surface area (Å²) in [6.45, 7) is 2.88. The Morgan fingerprint density at radius 2 is 2.12 bits per heavy atom. The van der Waals surface area contributed by atoms with E-state index < -0.39 is 0 Å². The second kappa shape index (κ2) is 4.49. The first kappa shape index (κ1) is 11.5. The van der Waals surface area contributed by atoms with Crippen LogP contribution in [0.15, 0.2) is 18.2 Å². The van der Waals surface area contributed by atoms with Crippen LogP contribution in [0.3, 0.4) is 0 Å². The highest BCUT2D eigenvalue weighted by Crippen LogP contribution is 2.28. The predicted molar refractivity (Wildman–Crippen MR) is 65.0 cm³/mol. The molecular formula is C10H11Cl2N3O. The van der Waals surface area contributed by atoms with E-state index in [1.54, 1.807) is 17.0 Å². The van der Waals surface area contributed by atoms with Gasteiger partial charge in [-0.2, -0.15) is 0 Å². The highest BCUT2D eigenvalue weighted by Gasteiger charge is 2.26. The maximum absolute atomic E-state index is 7.88. The molecule has 1 aliphatic rings. The molecule has 0 atom stereocenters. The maximum atomic E-state index is 7.88. The lowest BCUT2D eigenvalue weighted by molar-refractivity contribution is -0.0655. The summed E-state index contributed by atoms with van der Waals surface area (Å²) in [6, 6.07) is 5.24. The number of hydrogen-bond acceptors (Lipinski definition) is 2. The molecule has 1 N–H and O–H groups in total. The van der Waals surface area contributed by atoms with Gasteiger partial charge in [-0.1, -0.05) is 23.2 Å². The molecule has 6 heteroatoms. The molecule has 1 heterocycles. The summed E-state index contributed by atoms with van der Waals surface area (Å²) in [7, 11) is 0. The SMILES string of the molecule is CCN1OCN(c2ccc(Cl)c(Cl)c2)C1=N. The van der Waals surface area contributed by atoms with Crippen LogP contribution in [-0.4, -0.2) is 24.3 Å². The van der Waals surface area contributed by atoms with Gasteiger partial charge in [0.2, 0.25) is 5.96 Å². The summed E-state index contributed by atoms with van der Waals surface area (Å²) < 4.78 is 0. The van der Waals surface area contributed by atoms with Gasteiger partial charge in [-0.3, -0.25) is 10.3 Å². The van der Waals surface area contributed by atoms with Crippen molar-refractivity contribution >= 4 is 34.8 Å². The number of nitrogens with zero attached hydrogens (tertiary/aromatic N) is 2. The van der Waals surface area contributed by atoms with E-state index in [-0.39, 0.29) is 0 Å². The fourth-order valence-corrected chi connectivity index (χ4v) is 1.77. The molecule has 1 aromatic carbocycles. The van der Waals surface area contributed by atoms with Crippen LogP contribution in [0.2, 0.25) is 10.0 Å². The van der Waals surface area contributed by atoms with Gasteiger partial charge in [0, 0.05) is 12.2 Å². The number of hydroxylamine groups is 2. The van der Waals surface area contributed by atoms with Crippen molar-refractivity contribution in [2.45, 2.75) is 6.92 Å². The van der Waals surface area contributed by atoms with Crippen molar-refractivity contribution in [3.63, 3.8) is 0 Å². The minimum atomic E-state index is 0.306. The van der Waals surface area contributed by atoms with Crippen molar-refractivity contribution in [2.75, 3.05) is 18.2 Å². The molecule has 2 rings (SSSR count). The van der Waals surface area contributed by atoms with Gasteiger partial charge < -0.3 is 0 Å². The molecule has 1 aromatic rings. The van der Waals surface area contributed by atoms with Gasteiger partial charge in [0.1, 0.15) is 0 Å². The molecule has 1 aliphatic heterocycles. The molecule has 0 spiro atoms. The Morgan fingerprint density at radius 3 is 2.69 bits per heavy atom. The average molecular weight is 260 g/mol. The quantitative estimate of drug-likeness (QED) is 0.888. The number of halogens is 2. The van der Waals surface area contributed by atoms with E-state index in [9.17, 15) is 0 Å². The average Bonchev–Trinajstić information content (AvgIpc) is 2.64. The first-order valence-electron chi connectivity index (χ1n) is 4.85. The van der Waals surface area contributed by atoms with E-state index in [1.807, 2.05) is 13.0 Å². The van der Waals surface area contributed by atoms with Crippen LogP contribution in [0.1, 0.15) is 6.92 Å². The van der Waals surface area contributed by atoms with Crippen LogP contribution >= 0.6 is 23.2 Å². The summed E-state index contributed by atoms with van der Waals surface area (Å²) in [5.74, 6) is 0.306. The van der Waals surface area contributed by atoms with Crippen molar-refractivity contribution < 1.29 is 4.84 Å². The second-order valence-corrected chi connectivity index (χ2v) is 4.12. The van der Waals surface area contributed by atoms with E-state index in [0.29, 0.717) is 29.3 Å². The number of hydrogen-bond donors (Lipinski definition) is 1. The Hall–Kier alpha value is -0.970. The van der Waals surface area contributed by atoms with E-state index in [4.69, 9.17) is 33.4 Å². The van der Waals surface area contributed by atoms with E-state index >= 15 is 0 Å². The molecule has 1 saturated heterocycles. The smallest absolute Gasteiger partial charge is 0.224 e. The fraction of sp³-hybridized carbons (Fsp3) is 0.300. The molecule has 1 fully saturated rings. The summed E-state index contributed by atoms with van der Waals surface area (Å²) >= 11 is 11.8. The Kier molecular flexibility index (Phi) is 3.23. The molecule has 86 valence electrons. The molecular weight excluding hydrogens is 249 g/mol. The van der Waals surface area contributed by atoms with Gasteiger partial charge in [0.05, 0.1) is 10.0 Å². The Bertz CT molecular complexity index is 425. The molecule has 0 saturated carbocycles. The maximum Gasteiger partial charge on any atom is 0.224 e. The summed E-state index contributed by atoms with van der Waals surface area (Å²) in [5, 5.41) is 10.4. The highest BCUT2D eigenvalue weighted by molar-refractivity contribution is 6.42. The monoisotopic (exact) mass is 259 g/mol. The number of rotatable bonds is 2. The molecule has 0 unspecified atom stereocenters. The molecule has 16 heavy (non-hydrogen) atoms. The molecule has 0 aliphatic carbocycles. The topological polar surface area (TPSA) is 39.6 Å². The summed E-state index contributed by atoms with van der Waals surface area (Å²) in [4.78, 5) is 7.02. The first-order valence-corrected chi connectivity index (χ1v) is 5.60. The van der Waals surface area contributed by atoms with Crippen LogP contribution in [0.5, 0.6) is 0 Å². The Balaban J connectivity index is 2.25. The van der Waals surface area contributed by atoms with E-state index in [1.165, 1.54) is 5.06 Å². The third-order valence-electron chi connectivity index (χ3n) is 2.34. The summed E-state index contributed by atoms with van der Waals surface area (Å²) in [5.41, 5.74) is 0.801. The van der Waals surface area contributed by atoms with Crippen molar-refractivity contribution in [2.24, 2.45) is 0 Å². The minimum Gasteiger partial charge on any atom is -0.284 e. The number of benzene rings is 1. The van der Waals surface area contributed by atoms with Crippen LogP contribution < -0.4 is 4.90 Å². The van der Waals surface area contributed by atoms with Crippen LogP contribution in [-0.2, 0) is 4.84 Å². The lowest BCUT2D eigenvalue weighted by Gasteiger charge is -2.17. The zero-order valence-corrected chi connectivity index (χ0v) is 10.2. The van der Waals surface area contributed by atoms with Crippen LogP contribution in [0.4, 0.5) is 5.69 Å². The Morgan fingerprint density at radius 1 is 1.38 bits per heavy atom. The molecule has 0 bridgehead atoms. The molecule has 0 amide bonds. The zero-order chi connectivity index (χ0) is 11.7. The van der Waals surface area contributed by atoms with Crippen LogP contribution in [0.25, 0.3) is 0 Å². The van der Waals surface area contributed by atoms with Crippen molar-refractivity contribution in [1.29, 1.82) is 5.41 Å². The molecule has 0 aromatic heterocycles. The minimum absolute atomic E-state index is 0.306. The fourth-order valence-electron chi connectivity index (χ4n) is 1.48. The standard InChI is InChI=1S/C10H11Cl2N3O/c1-2-15-10(13)14(6-16-15)7-3-4-8(11)9(12)5-7/h3-5,13H,2,6H2,1H3.